The molecule has 2 aromatic carbocycles. The van der Waals surface area contributed by atoms with Crippen LogP contribution < -0.4 is 5.32 Å². The number of alkyl carbamates (subject to hydrolysis) is 1. The molecule has 1 fully saturated rings. The first-order valence-corrected chi connectivity index (χ1v) is 11.9. The molecular weight excluding hydrogens is 432 g/mol. The van der Waals surface area contributed by atoms with Crippen LogP contribution in [0.1, 0.15) is 44.2 Å². The first-order chi connectivity index (χ1) is 16.3. The van der Waals surface area contributed by atoms with Crippen LogP contribution in [-0.4, -0.2) is 53.7 Å². The summed E-state index contributed by atoms with van der Waals surface area (Å²) in [6.07, 6.45) is 0.0498. The van der Waals surface area contributed by atoms with Crippen molar-refractivity contribution in [1.29, 1.82) is 0 Å². The van der Waals surface area contributed by atoms with E-state index in [4.69, 9.17) is 4.74 Å². The fourth-order valence-electron chi connectivity index (χ4n) is 5.12. The first kappa shape index (κ1) is 23.8. The molecule has 4 rings (SSSR count). The van der Waals surface area contributed by atoms with E-state index < -0.39 is 24.0 Å². The van der Waals surface area contributed by atoms with Gasteiger partial charge in [-0.3, -0.25) is 9.59 Å². The second-order valence-corrected chi connectivity index (χ2v) is 9.50. The van der Waals surface area contributed by atoms with Crippen molar-refractivity contribution in [2.75, 3.05) is 19.7 Å². The minimum absolute atomic E-state index is 0.0633. The van der Waals surface area contributed by atoms with Crippen LogP contribution in [0.25, 0.3) is 11.1 Å². The Morgan fingerprint density at radius 3 is 2.18 bits per heavy atom. The van der Waals surface area contributed by atoms with Crippen molar-refractivity contribution in [3.8, 4) is 11.1 Å². The lowest BCUT2D eigenvalue weighted by Crippen LogP contribution is -2.51. The summed E-state index contributed by atoms with van der Waals surface area (Å²) in [6.45, 7) is 6.40. The van der Waals surface area contributed by atoms with E-state index in [9.17, 15) is 19.5 Å². The largest absolute Gasteiger partial charge is 0.481 e. The van der Waals surface area contributed by atoms with E-state index >= 15 is 0 Å². The van der Waals surface area contributed by atoms with Gasteiger partial charge >= 0.3 is 12.1 Å². The van der Waals surface area contributed by atoms with Gasteiger partial charge < -0.3 is 20.1 Å². The number of carbonyl (C=O) groups excluding carboxylic acids is 2. The molecule has 0 spiro atoms. The Labute approximate surface area is 200 Å². The summed E-state index contributed by atoms with van der Waals surface area (Å²) in [5, 5.41) is 12.2. The van der Waals surface area contributed by atoms with Crippen LogP contribution >= 0.6 is 0 Å². The fraction of sp³-hybridized carbons (Fsp3) is 0.444. The molecular formula is C27H32N2O5. The number of aliphatic carboxylic acids is 1. The molecule has 2 amide bonds. The van der Waals surface area contributed by atoms with Crippen molar-refractivity contribution >= 4 is 18.0 Å². The predicted octanol–water partition coefficient (Wildman–Crippen LogP) is 4.12. The smallest absolute Gasteiger partial charge is 0.407 e. The summed E-state index contributed by atoms with van der Waals surface area (Å²) < 4.78 is 5.64. The predicted molar refractivity (Wildman–Crippen MR) is 128 cm³/mol. The van der Waals surface area contributed by atoms with Crippen LogP contribution in [0.3, 0.4) is 0 Å². The van der Waals surface area contributed by atoms with Crippen LogP contribution in [0.4, 0.5) is 4.79 Å². The molecule has 4 unspecified atom stereocenters. The molecule has 2 aliphatic rings. The van der Waals surface area contributed by atoms with Gasteiger partial charge in [-0.1, -0.05) is 75.7 Å². The van der Waals surface area contributed by atoms with Gasteiger partial charge in [-0.2, -0.15) is 0 Å². The van der Waals surface area contributed by atoms with E-state index in [0.29, 0.717) is 13.0 Å². The molecule has 2 N–H and O–H groups in total. The number of carboxylic acids is 1. The Bertz CT molecular complexity index is 1040. The molecule has 0 bridgehead atoms. The van der Waals surface area contributed by atoms with Crippen molar-refractivity contribution in [2.24, 2.45) is 17.8 Å². The molecule has 180 valence electrons. The normalized spacial score (nSPS) is 20.9. The second-order valence-electron chi connectivity index (χ2n) is 9.50. The number of ether oxygens (including phenoxy) is 1. The summed E-state index contributed by atoms with van der Waals surface area (Å²) in [6, 6.07) is 15.5. The Hall–Kier alpha value is -3.35. The topological polar surface area (TPSA) is 95.9 Å². The molecule has 4 atom stereocenters. The first-order valence-electron chi connectivity index (χ1n) is 11.9. The summed E-state index contributed by atoms with van der Waals surface area (Å²) in [7, 11) is 0. The summed E-state index contributed by atoms with van der Waals surface area (Å²) >= 11 is 0. The number of benzene rings is 2. The van der Waals surface area contributed by atoms with Crippen molar-refractivity contribution in [3.05, 3.63) is 59.7 Å². The summed E-state index contributed by atoms with van der Waals surface area (Å²) in [5.41, 5.74) is 4.54. The number of amides is 2. The Kier molecular flexibility index (Phi) is 6.91. The van der Waals surface area contributed by atoms with Gasteiger partial charge in [-0.25, -0.2) is 4.79 Å². The zero-order valence-electron chi connectivity index (χ0n) is 19.9. The SMILES string of the molecule is CCC(C)C(NC(=O)OCC1c2ccccc2-c2ccccc21)C(=O)N1CC(C)C(C(=O)O)C1. The summed E-state index contributed by atoms with van der Waals surface area (Å²) in [4.78, 5) is 39.1. The van der Waals surface area contributed by atoms with Crippen molar-refractivity contribution in [2.45, 2.75) is 39.2 Å². The lowest BCUT2D eigenvalue weighted by Gasteiger charge is -2.28. The van der Waals surface area contributed by atoms with E-state index in [1.807, 2.05) is 45.0 Å². The maximum absolute atomic E-state index is 13.2. The number of carbonyl (C=O) groups is 3. The van der Waals surface area contributed by atoms with Crippen LogP contribution in [0.15, 0.2) is 48.5 Å². The van der Waals surface area contributed by atoms with Crippen LogP contribution in [-0.2, 0) is 14.3 Å². The number of nitrogens with one attached hydrogen (secondary N) is 1. The number of carboxylic acid groups (broad SMARTS) is 1. The number of hydrogen-bond acceptors (Lipinski definition) is 4. The van der Waals surface area contributed by atoms with Gasteiger partial charge in [0.15, 0.2) is 0 Å². The maximum atomic E-state index is 13.2. The number of rotatable bonds is 7. The maximum Gasteiger partial charge on any atom is 0.407 e. The Morgan fingerprint density at radius 2 is 1.65 bits per heavy atom. The number of likely N-dealkylation sites (tertiary alicyclic amines) is 1. The van der Waals surface area contributed by atoms with Gasteiger partial charge in [0.05, 0.1) is 5.92 Å². The molecule has 7 heteroatoms. The quantitative estimate of drug-likeness (QED) is 0.643. The highest BCUT2D eigenvalue weighted by molar-refractivity contribution is 5.87. The lowest BCUT2D eigenvalue weighted by molar-refractivity contribution is -0.142. The summed E-state index contributed by atoms with van der Waals surface area (Å²) in [5.74, 6) is -2.05. The standard InChI is InChI=1S/C27H32N2O5/c1-4-16(2)24(25(30)29-13-17(3)22(14-29)26(31)32)28-27(33)34-15-23-20-11-7-5-9-18(20)19-10-6-8-12-21(19)23/h5-12,16-17,22-24H,4,13-15H2,1-3H3,(H,28,33)(H,31,32). The molecule has 0 radical (unpaired) electrons. The minimum atomic E-state index is -0.896. The van der Waals surface area contributed by atoms with Crippen molar-refractivity contribution in [1.82, 2.24) is 10.2 Å². The van der Waals surface area contributed by atoms with Crippen molar-refractivity contribution < 1.29 is 24.2 Å². The molecule has 0 aromatic heterocycles. The molecule has 1 aliphatic heterocycles. The fourth-order valence-corrected chi connectivity index (χ4v) is 5.12. The van der Waals surface area contributed by atoms with Crippen LogP contribution in [0, 0.1) is 17.8 Å². The molecule has 7 nitrogen and oxygen atoms in total. The monoisotopic (exact) mass is 464 g/mol. The van der Waals surface area contributed by atoms with Gasteiger partial charge in [0.2, 0.25) is 5.91 Å². The highest BCUT2D eigenvalue weighted by Gasteiger charge is 2.40. The van der Waals surface area contributed by atoms with E-state index in [1.54, 1.807) is 4.90 Å². The van der Waals surface area contributed by atoms with E-state index in [1.165, 1.54) is 0 Å². The Balaban J connectivity index is 1.43. The highest BCUT2D eigenvalue weighted by Crippen LogP contribution is 2.44. The third-order valence-corrected chi connectivity index (χ3v) is 7.34. The molecule has 34 heavy (non-hydrogen) atoms. The zero-order valence-corrected chi connectivity index (χ0v) is 19.9. The number of hydrogen-bond donors (Lipinski definition) is 2. The second kappa shape index (κ2) is 9.87. The molecule has 1 heterocycles. The van der Waals surface area contributed by atoms with E-state index in [2.05, 4.69) is 29.6 Å². The van der Waals surface area contributed by atoms with Gasteiger partial charge in [0.1, 0.15) is 12.6 Å². The Morgan fingerprint density at radius 1 is 1.06 bits per heavy atom. The molecule has 1 saturated heterocycles. The third kappa shape index (κ3) is 4.52. The van der Waals surface area contributed by atoms with Crippen LogP contribution in [0.2, 0.25) is 0 Å². The molecule has 0 saturated carbocycles. The zero-order chi connectivity index (χ0) is 24.4. The van der Waals surface area contributed by atoms with Gasteiger partial charge in [0, 0.05) is 19.0 Å². The average molecular weight is 465 g/mol. The lowest BCUT2D eigenvalue weighted by atomic mass is 9.97. The van der Waals surface area contributed by atoms with Gasteiger partial charge in [-0.15, -0.1) is 0 Å². The average Bonchev–Trinajstić information content (AvgIpc) is 3.38. The van der Waals surface area contributed by atoms with E-state index in [0.717, 1.165) is 22.3 Å². The number of nitrogens with zero attached hydrogens (tertiary/aromatic N) is 1. The van der Waals surface area contributed by atoms with Crippen LogP contribution in [0.5, 0.6) is 0 Å². The molecule has 1 aliphatic carbocycles. The minimum Gasteiger partial charge on any atom is -0.481 e. The highest BCUT2D eigenvalue weighted by atomic mass is 16.5. The van der Waals surface area contributed by atoms with Gasteiger partial charge in [0.25, 0.3) is 0 Å². The van der Waals surface area contributed by atoms with Crippen molar-refractivity contribution in [3.63, 3.8) is 0 Å². The molecule has 2 aromatic rings. The third-order valence-electron chi connectivity index (χ3n) is 7.34. The number of fused-ring (bicyclic) bond motifs is 3. The van der Waals surface area contributed by atoms with E-state index in [-0.39, 0.29) is 36.8 Å². The van der Waals surface area contributed by atoms with Gasteiger partial charge in [-0.05, 0) is 34.1 Å².